The van der Waals surface area contributed by atoms with Crippen molar-refractivity contribution >= 4 is 23.0 Å². The molecule has 0 aliphatic carbocycles. The Labute approximate surface area is 235 Å². The van der Waals surface area contributed by atoms with Crippen LogP contribution in [0.1, 0.15) is 22.3 Å². The predicted octanol–water partition coefficient (Wildman–Crippen LogP) is 9.62. The molecule has 0 aromatic heterocycles. The average Bonchev–Trinajstić information content (AvgIpc) is 3.04. The molecule has 0 saturated heterocycles. The number of hydrogen-bond donors (Lipinski definition) is 0. The molecule has 0 radical (unpaired) electrons. The largest absolute Gasteiger partial charge is 0.456 e. The first-order valence-electron chi connectivity index (χ1n) is 13.3. The summed E-state index contributed by atoms with van der Waals surface area (Å²) in [5, 5.41) is 0. The molecule has 4 aromatic carbocycles. The lowest BCUT2D eigenvalue weighted by molar-refractivity contribution is 0.466. The van der Waals surface area contributed by atoms with Crippen molar-refractivity contribution in [2.75, 3.05) is 0 Å². The van der Waals surface area contributed by atoms with Crippen LogP contribution in [-0.4, -0.2) is 0 Å². The first-order chi connectivity index (χ1) is 19.8. The second-order valence-electron chi connectivity index (χ2n) is 9.42. The highest BCUT2D eigenvalue weighted by molar-refractivity contribution is 5.79. The monoisotopic (exact) mass is 516 g/mol. The van der Waals surface area contributed by atoms with Gasteiger partial charge in [0, 0.05) is 22.3 Å². The molecule has 0 N–H and O–H groups in total. The fraction of sp³-hybridized carbons (Fsp3) is 0. The van der Waals surface area contributed by atoms with Crippen LogP contribution in [-0.2, 0) is 9.47 Å². The quantitative estimate of drug-likeness (QED) is 0.254. The Morgan fingerprint density at radius 2 is 0.575 bits per heavy atom. The summed E-state index contributed by atoms with van der Waals surface area (Å²) in [5.41, 5.74) is 6.29. The third kappa shape index (κ3) is 6.03. The van der Waals surface area contributed by atoms with E-state index in [2.05, 4.69) is 97.1 Å². The van der Waals surface area contributed by atoms with Crippen LogP contribution < -0.4 is 0 Å². The molecule has 40 heavy (non-hydrogen) atoms. The molecule has 0 spiro atoms. The van der Waals surface area contributed by atoms with Gasteiger partial charge in [0.25, 0.3) is 0 Å². The molecule has 4 aromatic rings. The topological polar surface area (TPSA) is 18.5 Å². The number of hydrogen-bond acceptors (Lipinski definition) is 2. The summed E-state index contributed by atoms with van der Waals surface area (Å²) in [6.07, 6.45) is 16.6. The summed E-state index contributed by atoms with van der Waals surface area (Å²) in [7, 11) is 0. The molecule has 2 heterocycles. The van der Waals surface area contributed by atoms with Gasteiger partial charge in [-0.15, -0.1) is 0 Å². The summed E-state index contributed by atoms with van der Waals surface area (Å²) >= 11 is 0. The highest BCUT2D eigenvalue weighted by Crippen LogP contribution is 2.33. The molecule has 0 fully saturated rings. The van der Waals surface area contributed by atoms with E-state index in [1.807, 2.05) is 72.8 Å². The molecular weight excluding hydrogens is 488 g/mol. The van der Waals surface area contributed by atoms with Crippen LogP contribution in [0.15, 0.2) is 181 Å². The fourth-order valence-corrected chi connectivity index (χ4v) is 4.55. The van der Waals surface area contributed by atoms with E-state index in [9.17, 15) is 0 Å². The molecule has 0 amide bonds. The van der Waals surface area contributed by atoms with Gasteiger partial charge in [0.1, 0.15) is 23.0 Å². The highest BCUT2D eigenvalue weighted by Gasteiger charge is 2.15. The van der Waals surface area contributed by atoms with Gasteiger partial charge >= 0.3 is 0 Å². The van der Waals surface area contributed by atoms with Crippen LogP contribution in [0.25, 0.3) is 23.0 Å². The maximum Gasteiger partial charge on any atom is 0.135 e. The normalized spacial score (nSPS) is 14.8. The SMILES string of the molecule is C(/C=C/C=C1C=C(c2ccccc2)OC(c2ccccc2)=C1)=C1C=C(c2ccccc2)OC(c2ccccc2)=C1. The summed E-state index contributed by atoms with van der Waals surface area (Å²) in [6.45, 7) is 0. The smallest absolute Gasteiger partial charge is 0.135 e. The lowest BCUT2D eigenvalue weighted by Gasteiger charge is -2.19. The molecule has 0 bridgehead atoms. The summed E-state index contributed by atoms with van der Waals surface area (Å²) < 4.78 is 12.6. The lowest BCUT2D eigenvalue weighted by atomic mass is 10.0. The second-order valence-corrected chi connectivity index (χ2v) is 9.42. The van der Waals surface area contributed by atoms with E-state index in [0.717, 1.165) is 56.4 Å². The minimum Gasteiger partial charge on any atom is -0.456 e. The van der Waals surface area contributed by atoms with E-state index in [4.69, 9.17) is 9.47 Å². The lowest BCUT2D eigenvalue weighted by Crippen LogP contribution is -1.99. The van der Waals surface area contributed by atoms with Gasteiger partial charge < -0.3 is 9.47 Å². The van der Waals surface area contributed by atoms with E-state index in [-0.39, 0.29) is 0 Å². The first-order valence-corrected chi connectivity index (χ1v) is 13.3. The van der Waals surface area contributed by atoms with Crippen LogP contribution in [0, 0.1) is 0 Å². The van der Waals surface area contributed by atoms with Crippen molar-refractivity contribution in [2.24, 2.45) is 0 Å². The van der Waals surface area contributed by atoms with E-state index < -0.39 is 0 Å². The zero-order valence-electron chi connectivity index (χ0n) is 22.0. The molecule has 2 nitrogen and oxygen atoms in total. The maximum atomic E-state index is 6.31. The van der Waals surface area contributed by atoms with Crippen LogP contribution in [0.2, 0.25) is 0 Å². The Kier molecular flexibility index (Phi) is 7.50. The fourth-order valence-electron chi connectivity index (χ4n) is 4.55. The second kappa shape index (κ2) is 12.0. The number of allylic oxidation sites excluding steroid dienone is 10. The van der Waals surface area contributed by atoms with Crippen molar-refractivity contribution in [1.29, 1.82) is 0 Å². The molecule has 2 aliphatic rings. The first kappa shape index (κ1) is 25.0. The Bertz CT molecular complexity index is 1440. The molecule has 2 aliphatic heterocycles. The van der Waals surface area contributed by atoms with E-state index in [1.165, 1.54) is 0 Å². The molecule has 2 heteroatoms. The Morgan fingerprint density at radius 1 is 0.325 bits per heavy atom. The zero-order valence-corrected chi connectivity index (χ0v) is 22.0. The van der Waals surface area contributed by atoms with Gasteiger partial charge in [-0.3, -0.25) is 0 Å². The molecular formula is C38H28O2. The van der Waals surface area contributed by atoms with Gasteiger partial charge in [0.05, 0.1) is 0 Å². The van der Waals surface area contributed by atoms with Crippen molar-refractivity contribution in [3.63, 3.8) is 0 Å². The minimum absolute atomic E-state index is 0.829. The molecule has 0 saturated carbocycles. The van der Waals surface area contributed by atoms with Gasteiger partial charge in [-0.2, -0.15) is 0 Å². The van der Waals surface area contributed by atoms with Crippen molar-refractivity contribution in [2.45, 2.75) is 0 Å². The van der Waals surface area contributed by atoms with Crippen LogP contribution in [0.5, 0.6) is 0 Å². The molecule has 192 valence electrons. The van der Waals surface area contributed by atoms with Gasteiger partial charge in [-0.25, -0.2) is 0 Å². The van der Waals surface area contributed by atoms with Crippen molar-refractivity contribution < 1.29 is 9.47 Å². The molecule has 0 unspecified atom stereocenters. The maximum absolute atomic E-state index is 6.31. The minimum atomic E-state index is 0.829. The summed E-state index contributed by atoms with van der Waals surface area (Å²) in [6, 6.07) is 40.8. The van der Waals surface area contributed by atoms with Crippen molar-refractivity contribution in [3.05, 3.63) is 203 Å². The van der Waals surface area contributed by atoms with E-state index in [0.29, 0.717) is 0 Å². The number of ether oxygens (including phenoxy) is 2. The van der Waals surface area contributed by atoms with Crippen molar-refractivity contribution in [1.82, 2.24) is 0 Å². The Morgan fingerprint density at radius 3 is 0.825 bits per heavy atom. The van der Waals surface area contributed by atoms with E-state index >= 15 is 0 Å². The molecule has 6 rings (SSSR count). The average molecular weight is 517 g/mol. The number of benzene rings is 4. The van der Waals surface area contributed by atoms with Crippen LogP contribution >= 0.6 is 0 Å². The highest BCUT2D eigenvalue weighted by atomic mass is 16.5. The van der Waals surface area contributed by atoms with E-state index in [1.54, 1.807) is 0 Å². The van der Waals surface area contributed by atoms with Gasteiger partial charge in [-0.1, -0.05) is 146 Å². The Hall–Kier alpha value is -5.34. The van der Waals surface area contributed by atoms with Gasteiger partial charge in [0.2, 0.25) is 0 Å². The standard InChI is InChI=1S/C38H28O2/c1-5-17-31(18-6-1)35-25-29(26-36(39-35)32-19-7-2-8-20-32)15-13-14-16-30-27-37(33-21-9-3-10-22-33)40-38(28-30)34-23-11-4-12-24-34/h1-28H/b14-13+. The third-order valence-electron chi connectivity index (χ3n) is 6.55. The van der Waals surface area contributed by atoms with Crippen LogP contribution in [0.4, 0.5) is 0 Å². The number of rotatable bonds is 6. The third-order valence-corrected chi connectivity index (χ3v) is 6.55. The van der Waals surface area contributed by atoms with Gasteiger partial charge in [-0.05, 0) is 35.5 Å². The summed E-state index contributed by atoms with van der Waals surface area (Å²) in [4.78, 5) is 0. The van der Waals surface area contributed by atoms with Gasteiger partial charge in [0.15, 0.2) is 0 Å². The zero-order chi connectivity index (χ0) is 27.0. The molecule has 0 atom stereocenters. The van der Waals surface area contributed by atoms with Crippen molar-refractivity contribution in [3.8, 4) is 0 Å². The summed E-state index contributed by atoms with van der Waals surface area (Å²) in [5.74, 6) is 3.32. The predicted molar refractivity (Wildman–Crippen MR) is 165 cm³/mol. The Balaban J connectivity index is 1.32. The van der Waals surface area contributed by atoms with Crippen LogP contribution in [0.3, 0.4) is 0 Å².